The maximum atomic E-state index is 11.1. The minimum atomic E-state index is -0.575. The second-order valence-electron chi connectivity index (χ2n) is 8.18. The zero-order chi connectivity index (χ0) is 18.2. The Bertz CT molecular complexity index is 463. The topological polar surface area (TPSA) is 40.5 Å². The van der Waals surface area contributed by atoms with Crippen LogP contribution in [0.15, 0.2) is 18.2 Å². The third-order valence-corrected chi connectivity index (χ3v) is 4.99. The first-order valence-electron chi connectivity index (χ1n) is 9.83. The number of hydrogen-bond donors (Lipinski definition) is 2. The zero-order valence-corrected chi connectivity index (χ0v) is 16.4. The quantitative estimate of drug-likeness (QED) is 0.479. The molecule has 0 saturated carbocycles. The van der Waals surface area contributed by atoms with Crippen LogP contribution in [0.1, 0.15) is 103 Å². The normalized spacial score (nSPS) is 13.5. The van der Waals surface area contributed by atoms with Crippen LogP contribution < -0.4 is 0 Å². The maximum Gasteiger partial charge on any atom is 0.121 e. The van der Waals surface area contributed by atoms with Crippen LogP contribution in [0, 0.1) is 5.92 Å². The summed E-state index contributed by atoms with van der Waals surface area (Å²) in [5.74, 6) is 0.475. The molecule has 0 heterocycles. The number of hydrogen-bond acceptors (Lipinski definition) is 2. The largest absolute Gasteiger partial charge is 0.508 e. The van der Waals surface area contributed by atoms with Gasteiger partial charge in [0.1, 0.15) is 5.75 Å². The first-order chi connectivity index (χ1) is 11.3. The summed E-state index contributed by atoms with van der Waals surface area (Å²) >= 11 is 0. The molecule has 2 N–H and O–H groups in total. The monoisotopic (exact) mass is 334 g/mol. The summed E-state index contributed by atoms with van der Waals surface area (Å²) in [6, 6.07) is 5.64. The molecule has 24 heavy (non-hydrogen) atoms. The van der Waals surface area contributed by atoms with Gasteiger partial charge in [-0.15, -0.1) is 0 Å². The van der Waals surface area contributed by atoms with E-state index in [4.69, 9.17) is 0 Å². The standard InChI is InChI=1S/C22H38O2/c1-6-8-10-13-17(14-11-9-7-2)21(24)20-18(22(3,4)5)15-12-16-19(20)23/h12,15-17,21,23-24H,6-11,13-14H2,1-5H3. The molecule has 138 valence electrons. The van der Waals surface area contributed by atoms with E-state index in [0.29, 0.717) is 0 Å². The highest BCUT2D eigenvalue weighted by molar-refractivity contribution is 5.44. The highest BCUT2D eigenvalue weighted by Crippen LogP contribution is 2.41. The molecule has 0 aliphatic heterocycles. The average molecular weight is 335 g/mol. The van der Waals surface area contributed by atoms with Crippen molar-refractivity contribution < 1.29 is 10.2 Å². The average Bonchev–Trinajstić information content (AvgIpc) is 2.52. The van der Waals surface area contributed by atoms with Crippen LogP contribution in [-0.2, 0) is 5.41 Å². The number of aliphatic hydroxyl groups is 1. The van der Waals surface area contributed by atoms with Gasteiger partial charge in [-0.3, -0.25) is 0 Å². The molecule has 1 atom stereocenters. The molecule has 2 heteroatoms. The second kappa shape index (κ2) is 10.1. The number of phenolic OH excluding ortho intramolecular Hbond substituents is 1. The smallest absolute Gasteiger partial charge is 0.121 e. The lowest BCUT2D eigenvalue weighted by molar-refractivity contribution is 0.0898. The molecule has 0 aliphatic carbocycles. The Morgan fingerprint density at radius 2 is 1.46 bits per heavy atom. The number of aromatic hydroxyl groups is 1. The van der Waals surface area contributed by atoms with Crippen LogP contribution in [0.3, 0.4) is 0 Å². The van der Waals surface area contributed by atoms with E-state index in [0.717, 1.165) is 36.8 Å². The predicted octanol–water partition coefficient (Wildman–Crippen LogP) is 6.50. The molecule has 0 bridgehead atoms. The Balaban J connectivity index is 3.05. The Labute approximate surface area is 149 Å². The molecule has 0 amide bonds. The molecule has 1 unspecified atom stereocenters. The molecular formula is C22H38O2. The molecule has 2 nitrogen and oxygen atoms in total. The minimum Gasteiger partial charge on any atom is -0.508 e. The summed E-state index contributed by atoms with van der Waals surface area (Å²) in [5.41, 5.74) is 1.72. The molecule has 1 aromatic rings. The highest BCUT2D eigenvalue weighted by Gasteiger charge is 2.29. The molecule has 0 radical (unpaired) electrons. The van der Waals surface area contributed by atoms with Crippen LogP contribution in [0.25, 0.3) is 0 Å². The van der Waals surface area contributed by atoms with Crippen LogP contribution in [0.4, 0.5) is 0 Å². The van der Waals surface area contributed by atoms with Crippen molar-refractivity contribution in [1.29, 1.82) is 0 Å². The van der Waals surface area contributed by atoms with Crippen LogP contribution in [-0.4, -0.2) is 10.2 Å². The van der Waals surface area contributed by atoms with Gasteiger partial charge in [0.2, 0.25) is 0 Å². The summed E-state index contributed by atoms with van der Waals surface area (Å²) in [6.07, 6.45) is 8.63. The fraction of sp³-hybridized carbons (Fsp3) is 0.727. The predicted molar refractivity (Wildman–Crippen MR) is 104 cm³/mol. The Hall–Kier alpha value is -1.02. The Morgan fingerprint density at radius 3 is 1.92 bits per heavy atom. The molecule has 1 rings (SSSR count). The minimum absolute atomic E-state index is 0.0908. The van der Waals surface area contributed by atoms with Crippen molar-refractivity contribution >= 4 is 0 Å². The van der Waals surface area contributed by atoms with Gasteiger partial charge in [0.25, 0.3) is 0 Å². The van der Waals surface area contributed by atoms with Gasteiger partial charge in [-0.25, -0.2) is 0 Å². The lowest BCUT2D eigenvalue weighted by Crippen LogP contribution is -2.20. The number of phenols is 1. The number of unbranched alkanes of at least 4 members (excludes halogenated alkanes) is 4. The van der Waals surface area contributed by atoms with Gasteiger partial charge < -0.3 is 10.2 Å². The van der Waals surface area contributed by atoms with Crippen LogP contribution in [0.2, 0.25) is 0 Å². The molecular weight excluding hydrogens is 296 g/mol. The second-order valence-corrected chi connectivity index (χ2v) is 8.18. The van der Waals surface area contributed by atoms with Crippen molar-refractivity contribution in [2.45, 2.75) is 97.5 Å². The highest BCUT2D eigenvalue weighted by atomic mass is 16.3. The van der Waals surface area contributed by atoms with Crippen LogP contribution >= 0.6 is 0 Å². The van der Waals surface area contributed by atoms with Gasteiger partial charge >= 0.3 is 0 Å². The lowest BCUT2D eigenvalue weighted by atomic mass is 9.78. The van der Waals surface area contributed by atoms with E-state index in [1.165, 1.54) is 25.7 Å². The molecule has 0 aliphatic rings. The molecule has 0 aromatic heterocycles. The van der Waals surface area contributed by atoms with Gasteiger partial charge in [0.15, 0.2) is 0 Å². The van der Waals surface area contributed by atoms with E-state index < -0.39 is 6.10 Å². The summed E-state index contributed by atoms with van der Waals surface area (Å²) in [4.78, 5) is 0. The molecule has 0 spiro atoms. The van der Waals surface area contributed by atoms with Crippen molar-refractivity contribution in [2.75, 3.05) is 0 Å². The van der Waals surface area contributed by atoms with Gasteiger partial charge in [0, 0.05) is 5.56 Å². The first kappa shape index (κ1) is 21.0. The first-order valence-corrected chi connectivity index (χ1v) is 9.83. The number of aliphatic hydroxyl groups excluding tert-OH is 1. The van der Waals surface area contributed by atoms with Crippen molar-refractivity contribution in [3.8, 4) is 5.75 Å². The Morgan fingerprint density at radius 1 is 0.917 bits per heavy atom. The van der Waals surface area contributed by atoms with Crippen molar-refractivity contribution in [3.05, 3.63) is 29.3 Å². The molecule has 0 saturated heterocycles. The summed E-state index contributed by atoms with van der Waals surface area (Å²) in [5, 5.41) is 21.6. The SMILES string of the molecule is CCCCCC(CCCCC)C(O)c1c(O)cccc1C(C)(C)C. The van der Waals surface area contributed by atoms with Crippen molar-refractivity contribution in [2.24, 2.45) is 5.92 Å². The zero-order valence-electron chi connectivity index (χ0n) is 16.4. The van der Waals surface area contributed by atoms with Crippen molar-refractivity contribution in [3.63, 3.8) is 0 Å². The summed E-state index contributed by atoms with van der Waals surface area (Å²) in [6.45, 7) is 10.8. The number of benzene rings is 1. The summed E-state index contributed by atoms with van der Waals surface area (Å²) in [7, 11) is 0. The Kier molecular flexibility index (Phi) is 8.83. The maximum absolute atomic E-state index is 11.1. The van der Waals surface area contributed by atoms with Gasteiger partial charge in [0.05, 0.1) is 6.10 Å². The fourth-order valence-corrected chi connectivity index (χ4v) is 3.53. The number of rotatable bonds is 10. The molecule has 1 aromatic carbocycles. The van der Waals surface area contributed by atoms with Crippen LogP contribution in [0.5, 0.6) is 5.75 Å². The van der Waals surface area contributed by atoms with Crippen molar-refractivity contribution in [1.82, 2.24) is 0 Å². The van der Waals surface area contributed by atoms with E-state index in [1.54, 1.807) is 6.07 Å². The third kappa shape index (κ3) is 6.12. The lowest BCUT2D eigenvalue weighted by Gasteiger charge is -2.30. The summed E-state index contributed by atoms with van der Waals surface area (Å²) < 4.78 is 0. The van der Waals surface area contributed by atoms with E-state index in [1.807, 2.05) is 12.1 Å². The molecule has 0 fully saturated rings. The van der Waals surface area contributed by atoms with Gasteiger partial charge in [-0.2, -0.15) is 0 Å². The van der Waals surface area contributed by atoms with E-state index in [-0.39, 0.29) is 17.1 Å². The van der Waals surface area contributed by atoms with E-state index in [2.05, 4.69) is 34.6 Å². The van der Waals surface area contributed by atoms with Gasteiger partial charge in [-0.1, -0.05) is 85.3 Å². The van der Waals surface area contributed by atoms with E-state index >= 15 is 0 Å². The van der Waals surface area contributed by atoms with E-state index in [9.17, 15) is 10.2 Å². The fourth-order valence-electron chi connectivity index (χ4n) is 3.53. The third-order valence-electron chi connectivity index (χ3n) is 4.99. The van der Waals surface area contributed by atoms with Gasteiger partial charge in [-0.05, 0) is 35.8 Å².